The van der Waals surface area contributed by atoms with Gasteiger partial charge in [0.25, 0.3) is 0 Å². The zero-order chi connectivity index (χ0) is 15.2. The first-order valence-corrected chi connectivity index (χ1v) is 7.05. The highest BCUT2D eigenvalue weighted by atomic mass is 19.1. The number of halogens is 1. The number of hydrogen-bond donors (Lipinski definition) is 2. The van der Waals surface area contributed by atoms with E-state index in [4.69, 9.17) is 5.11 Å². The van der Waals surface area contributed by atoms with Crippen LogP contribution in [0.5, 0.6) is 0 Å². The van der Waals surface area contributed by atoms with Crippen LogP contribution < -0.4 is 5.32 Å². The van der Waals surface area contributed by atoms with Crippen molar-refractivity contribution in [3.05, 3.63) is 30.1 Å². The van der Waals surface area contributed by atoms with Crippen LogP contribution in [0.1, 0.15) is 19.3 Å². The maximum atomic E-state index is 12.7. The van der Waals surface area contributed by atoms with E-state index in [-0.39, 0.29) is 17.6 Å². The number of carbonyl (C=O) groups excluding carboxylic acids is 1. The minimum absolute atomic E-state index is 0.123. The lowest BCUT2D eigenvalue weighted by Crippen LogP contribution is -2.37. The Labute approximate surface area is 122 Å². The molecule has 0 atom stereocenters. The van der Waals surface area contributed by atoms with Crippen LogP contribution in [0.3, 0.4) is 0 Å². The van der Waals surface area contributed by atoms with Crippen LogP contribution in [0.25, 0.3) is 0 Å². The van der Waals surface area contributed by atoms with Crippen molar-refractivity contribution in [2.24, 2.45) is 5.92 Å². The molecule has 0 radical (unpaired) electrons. The lowest BCUT2D eigenvalue weighted by molar-refractivity contribution is -0.143. The predicted octanol–water partition coefficient (Wildman–Crippen LogP) is 1.95. The van der Waals surface area contributed by atoms with E-state index in [1.807, 2.05) is 0 Å². The smallest absolute Gasteiger partial charge is 0.306 e. The van der Waals surface area contributed by atoms with E-state index in [0.29, 0.717) is 44.6 Å². The molecule has 0 aromatic heterocycles. The van der Waals surface area contributed by atoms with Crippen molar-refractivity contribution in [1.29, 1.82) is 0 Å². The van der Waals surface area contributed by atoms with Crippen LogP contribution in [-0.4, -0.2) is 41.5 Å². The van der Waals surface area contributed by atoms with E-state index in [0.717, 1.165) is 0 Å². The van der Waals surface area contributed by atoms with Gasteiger partial charge in [0.05, 0.1) is 5.92 Å². The minimum Gasteiger partial charge on any atom is -0.481 e. The quantitative estimate of drug-likeness (QED) is 0.871. The zero-order valence-electron chi connectivity index (χ0n) is 11.7. The Morgan fingerprint density at radius 3 is 2.43 bits per heavy atom. The summed E-state index contributed by atoms with van der Waals surface area (Å²) in [5, 5.41) is 11.6. The minimum atomic E-state index is -0.733. The number of rotatable bonds is 5. The van der Waals surface area contributed by atoms with Gasteiger partial charge in [-0.05, 0) is 50.2 Å². The number of carbonyl (C=O) groups is 2. The monoisotopic (exact) mass is 294 g/mol. The molecule has 1 aromatic rings. The van der Waals surface area contributed by atoms with Crippen molar-refractivity contribution in [3.8, 4) is 0 Å². The van der Waals surface area contributed by atoms with E-state index in [1.54, 1.807) is 0 Å². The third kappa shape index (κ3) is 4.82. The maximum absolute atomic E-state index is 12.7. The number of benzene rings is 1. The van der Waals surface area contributed by atoms with Crippen molar-refractivity contribution in [1.82, 2.24) is 4.90 Å². The molecular weight excluding hydrogens is 275 g/mol. The molecule has 1 heterocycles. The van der Waals surface area contributed by atoms with Gasteiger partial charge in [-0.2, -0.15) is 0 Å². The molecule has 21 heavy (non-hydrogen) atoms. The normalized spacial score (nSPS) is 16.6. The molecule has 114 valence electrons. The third-order valence-corrected chi connectivity index (χ3v) is 3.72. The van der Waals surface area contributed by atoms with Gasteiger partial charge in [-0.15, -0.1) is 0 Å². The van der Waals surface area contributed by atoms with E-state index in [9.17, 15) is 14.0 Å². The third-order valence-electron chi connectivity index (χ3n) is 3.72. The molecule has 1 saturated heterocycles. The fourth-order valence-corrected chi connectivity index (χ4v) is 2.42. The number of likely N-dealkylation sites (tertiary alicyclic amines) is 1. The summed E-state index contributed by atoms with van der Waals surface area (Å²) in [4.78, 5) is 24.7. The van der Waals surface area contributed by atoms with E-state index >= 15 is 0 Å². The molecule has 6 heteroatoms. The second kappa shape index (κ2) is 7.17. The van der Waals surface area contributed by atoms with Gasteiger partial charge in [0.2, 0.25) is 5.91 Å². The zero-order valence-corrected chi connectivity index (χ0v) is 11.7. The van der Waals surface area contributed by atoms with Gasteiger partial charge < -0.3 is 15.3 Å². The van der Waals surface area contributed by atoms with Crippen molar-refractivity contribution in [2.45, 2.75) is 19.3 Å². The number of hydrogen-bond acceptors (Lipinski definition) is 3. The number of anilines is 1. The van der Waals surface area contributed by atoms with Gasteiger partial charge >= 0.3 is 5.97 Å². The number of amides is 1. The van der Waals surface area contributed by atoms with Gasteiger partial charge in [-0.1, -0.05) is 0 Å². The van der Waals surface area contributed by atoms with Crippen molar-refractivity contribution in [2.75, 3.05) is 25.0 Å². The summed E-state index contributed by atoms with van der Waals surface area (Å²) in [5.74, 6) is -1.45. The molecule has 0 bridgehead atoms. The highest BCUT2D eigenvalue weighted by Gasteiger charge is 2.24. The lowest BCUT2D eigenvalue weighted by atomic mass is 9.97. The SMILES string of the molecule is O=C(CCN1CCC(C(=O)O)CC1)Nc1ccc(F)cc1. The Kier molecular flexibility index (Phi) is 5.27. The highest BCUT2D eigenvalue weighted by Crippen LogP contribution is 2.17. The number of nitrogens with one attached hydrogen (secondary N) is 1. The molecule has 0 saturated carbocycles. The molecule has 1 fully saturated rings. The molecule has 1 aromatic carbocycles. The van der Waals surface area contributed by atoms with Crippen LogP contribution in [0.2, 0.25) is 0 Å². The van der Waals surface area contributed by atoms with Crippen LogP contribution in [0, 0.1) is 11.7 Å². The Hall–Kier alpha value is -1.95. The molecule has 1 aliphatic heterocycles. The Morgan fingerprint density at radius 1 is 1.24 bits per heavy atom. The molecule has 2 rings (SSSR count). The molecule has 1 amide bonds. The summed E-state index contributed by atoms with van der Waals surface area (Å²) in [6, 6.07) is 5.63. The lowest BCUT2D eigenvalue weighted by Gasteiger charge is -2.29. The molecule has 0 spiro atoms. The van der Waals surface area contributed by atoms with Crippen LogP contribution >= 0.6 is 0 Å². The first-order chi connectivity index (χ1) is 10.0. The average molecular weight is 294 g/mol. The molecule has 1 aliphatic rings. The number of carboxylic acids is 1. The van der Waals surface area contributed by atoms with E-state index in [2.05, 4.69) is 10.2 Å². The van der Waals surface area contributed by atoms with E-state index in [1.165, 1.54) is 24.3 Å². The molecule has 0 aliphatic carbocycles. The summed E-state index contributed by atoms with van der Waals surface area (Å²) < 4.78 is 12.7. The van der Waals surface area contributed by atoms with Gasteiger partial charge in [0.1, 0.15) is 5.82 Å². The molecule has 5 nitrogen and oxygen atoms in total. The van der Waals surface area contributed by atoms with Crippen molar-refractivity contribution < 1.29 is 19.1 Å². The van der Waals surface area contributed by atoms with Gasteiger partial charge in [0.15, 0.2) is 0 Å². The van der Waals surface area contributed by atoms with Crippen LogP contribution in [-0.2, 0) is 9.59 Å². The number of piperidine rings is 1. The Morgan fingerprint density at radius 2 is 1.86 bits per heavy atom. The Bertz CT molecular complexity index is 496. The predicted molar refractivity (Wildman–Crippen MR) is 76.4 cm³/mol. The summed E-state index contributed by atoms with van der Waals surface area (Å²) in [7, 11) is 0. The topological polar surface area (TPSA) is 69.6 Å². The number of nitrogens with zero attached hydrogens (tertiary/aromatic N) is 1. The summed E-state index contributed by atoms with van der Waals surface area (Å²) >= 11 is 0. The molecular formula is C15H19FN2O3. The van der Waals surface area contributed by atoms with Crippen molar-refractivity contribution in [3.63, 3.8) is 0 Å². The van der Waals surface area contributed by atoms with Gasteiger partial charge in [-0.25, -0.2) is 4.39 Å². The van der Waals surface area contributed by atoms with Crippen LogP contribution in [0.4, 0.5) is 10.1 Å². The molecule has 0 unspecified atom stereocenters. The average Bonchev–Trinajstić information content (AvgIpc) is 2.48. The van der Waals surface area contributed by atoms with Gasteiger partial charge in [-0.3, -0.25) is 9.59 Å². The largest absolute Gasteiger partial charge is 0.481 e. The molecule has 2 N–H and O–H groups in total. The first-order valence-electron chi connectivity index (χ1n) is 7.05. The standard InChI is InChI=1S/C15H19FN2O3/c16-12-1-3-13(4-2-12)17-14(19)7-10-18-8-5-11(6-9-18)15(20)21/h1-4,11H,5-10H2,(H,17,19)(H,20,21). The number of aliphatic carboxylic acids is 1. The fourth-order valence-electron chi connectivity index (χ4n) is 2.42. The Balaban J connectivity index is 1.70. The summed E-state index contributed by atoms with van der Waals surface area (Å²) in [6.45, 7) is 2.03. The maximum Gasteiger partial charge on any atom is 0.306 e. The second-order valence-electron chi connectivity index (χ2n) is 5.26. The first kappa shape index (κ1) is 15.4. The van der Waals surface area contributed by atoms with E-state index < -0.39 is 5.97 Å². The summed E-state index contributed by atoms with van der Waals surface area (Å²) in [5.41, 5.74) is 0.575. The van der Waals surface area contributed by atoms with Gasteiger partial charge in [0, 0.05) is 18.7 Å². The van der Waals surface area contributed by atoms with Crippen LogP contribution in [0.15, 0.2) is 24.3 Å². The second-order valence-corrected chi connectivity index (χ2v) is 5.26. The summed E-state index contributed by atoms with van der Waals surface area (Å²) in [6.07, 6.45) is 1.61. The fraction of sp³-hybridized carbons (Fsp3) is 0.467. The van der Waals surface area contributed by atoms with Crippen molar-refractivity contribution >= 4 is 17.6 Å². The highest BCUT2D eigenvalue weighted by molar-refractivity contribution is 5.90. The number of carboxylic acid groups (broad SMARTS) is 1.